The second-order valence-electron chi connectivity index (χ2n) is 6.29. The number of anilines is 2. The number of nitrogens with zero attached hydrogens (tertiary/aromatic N) is 1. The highest BCUT2D eigenvalue weighted by molar-refractivity contribution is 7.14. The topological polar surface area (TPSA) is 102 Å². The first-order valence-electron chi connectivity index (χ1n) is 9.26. The summed E-state index contributed by atoms with van der Waals surface area (Å²) < 4.78 is 10.2. The second-order valence-corrected chi connectivity index (χ2v) is 7.56. The smallest absolute Gasteiger partial charge is 0.319 e. The Morgan fingerprint density at radius 1 is 1.06 bits per heavy atom. The number of halogens is 1. The Kier molecular flexibility index (Phi) is 7.69. The molecule has 0 unspecified atom stereocenters. The Balaban J connectivity index is 1.44. The largest absolute Gasteiger partial charge is 0.497 e. The van der Waals surface area contributed by atoms with Gasteiger partial charge in [0.15, 0.2) is 5.13 Å². The van der Waals surface area contributed by atoms with Crippen molar-refractivity contribution in [1.82, 2.24) is 10.3 Å². The molecule has 0 aliphatic heterocycles. The normalized spacial score (nSPS) is 10.3. The summed E-state index contributed by atoms with van der Waals surface area (Å²) in [6.07, 6.45) is 0.110. The summed E-state index contributed by atoms with van der Waals surface area (Å²) in [7, 11) is 3.12. The van der Waals surface area contributed by atoms with Crippen LogP contribution in [-0.2, 0) is 4.79 Å². The summed E-state index contributed by atoms with van der Waals surface area (Å²) in [5, 5.41) is 10.8. The first-order chi connectivity index (χ1) is 15.0. The number of carbonyl (C=O) groups is 2. The molecule has 0 aliphatic rings. The lowest BCUT2D eigenvalue weighted by Gasteiger charge is -2.08. The van der Waals surface area contributed by atoms with Gasteiger partial charge in [0.2, 0.25) is 5.91 Å². The third kappa shape index (κ3) is 6.34. The molecule has 0 spiro atoms. The van der Waals surface area contributed by atoms with E-state index in [1.54, 1.807) is 50.6 Å². The molecule has 0 saturated carbocycles. The molecular formula is C21H21ClN4O4S. The van der Waals surface area contributed by atoms with Gasteiger partial charge in [-0.25, -0.2) is 9.78 Å². The maximum absolute atomic E-state index is 12.1. The van der Waals surface area contributed by atoms with Crippen molar-refractivity contribution in [2.75, 3.05) is 31.4 Å². The molecule has 3 aromatic rings. The van der Waals surface area contributed by atoms with Gasteiger partial charge in [-0.1, -0.05) is 11.6 Å². The van der Waals surface area contributed by atoms with Crippen LogP contribution >= 0.6 is 22.9 Å². The maximum atomic E-state index is 12.1. The average Bonchev–Trinajstić information content (AvgIpc) is 3.22. The summed E-state index contributed by atoms with van der Waals surface area (Å²) in [5.74, 6) is 1.03. The van der Waals surface area contributed by atoms with E-state index < -0.39 is 6.03 Å². The number of nitrogens with one attached hydrogen (secondary N) is 3. The van der Waals surface area contributed by atoms with Crippen molar-refractivity contribution in [2.45, 2.75) is 6.42 Å². The van der Waals surface area contributed by atoms with Gasteiger partial charge in [-0.3, -0.25) is 4.79 Å². The second kappa shape index (κ2) is 10.6. The van der Waals surface area contributed by atoms with Crippen LogP contribution in [0.2, 0.25) is 5.02 Å². The summed E-state index contributed by atoms with van der Waals surface area (Å²) in [6.45, 7) is 0.181. The molecule has 162 valence electrons. The van der Waals surface area contributed by atoms with Crippen LogP contribution in [-0.4, -0.2) is 37.7 Å². The molecule has 0 aliphatic carbocycles. The molecule has 0 saturated heterocycles. The predicted molar refractivity (Wildman–Crippen MR) is 122 cm³/mol. The zero-order valence-electron chi connectivity index (χ0n) is 16.9. The SMILES string of the molecule is COc1ccc(NC(=O)NCCC(=O)Nc2nc(-c3ccc(OC)c(Cl)c3)cs2)cc1. The van der Waals surface area contributed by atoms with Crippen molar-refractivity contribution in [2.24, 2.45) is 0 Å². The minimum absolute atomic E-state index is 0.110. The third-order valence-electron chi connectivity index (χ3n) is 4.18. The Morgan fingerprint density at radius 2 is 1.84 bits per heavy atom. The van der Waals surface area contributed by atoms with Crippen LogP contribution in [0.25, 0.3) is 11.3 Å². The van der Waals surface area contributed by atoms with E-state index in [0.29, 0.717) is 33.0 Å². The van der Waals surface area contributed by atoms with Gasteiger partial charge in [0, 0.05) is 29.6 Å². The Hall–Kier alpha value is -3.30. The van der Waals surface area contributed by atoms with Gasteiger partial charge in [0.25, 0.3) is 0 Å². The van der Waals surface area contributed by atoms with E-state index in [1.807, 2.05) is 11.4 Å². The number of thiazole rings is 1. The number of rotatable bonds is 8. The molecule has 1 heterocycles. The molecule has 3 amide bonds. The quantitative estimate of drug-likeness (QED) is 0.455. The monoisotopic (exact) mass is 460 g/mol. The molecule has 31 heavy (non-hydrogen) atoms. The van der Waals surface area contributed by atoms with E-state index in [0.717, 1.165) is 5.56 Å². The van der Waals surface area contributed by atoms with Crippen LogP contribution in [0.15, 0.2) is 47.8 Å². The van der Waals surface area contributed by atoms with Gasteiger partial charge in [-0.05, 0) is 42.5 Å². The molecular weight excluding hydrogens is 440 g/mol. The Morgan fingerprint density at radius 3 is 2.52 bits per heavy atom. The lowest BCUT2D eigenvalue weighted by Crippen LogP contribution is -2.31. The summed E-state index contributed by atoms with van der Waals surface area (Å²) in [5.41, 5.74) is 2.14. The van der Waals surface area contributed by atoms with Gasteiger partial charge in [-0.15, -0.1) is 11.3 Å². The summed E-state index contributed by atoms with van der Waals surface area (Å²) in [4.78, 5) is 28.5. The minimum Gasteiger partial charge on any atom is -0.497 e. The van der Waals surface area contributed by atoms with Crippen molar-refractivity contribution in [3.63, 3.8) is 0 Å². The van der Waals surface area contributed by atoms with Crippen LogP contribution in [0.3, 0.4) is 0 Å². The van der Waals surface area contributed by atoms with Crippen LogP contribution < -0.4 is 25.4 Å². The molecule has 0 fully saturated rings. The van der Waals surface area contributed by atoms with Crippen LogP contribution in [0, 0.1) is 0 Å². The van der Waals surface area contributed by atoms with Crippen LogP contribution in [0.4, 0.5) is 15.6 Å². The van der Waals surface area contributed by atoms with E-state index in [-0.39, 0.29) is 18.9 Å². The van der Waals surface area contributed by atoms with Crippen molar-refractivity contribution < 1.29 is 19.1 Å². The van der Waals surface area contributed by atoms with Gasteiger partial charge < -0.3 is 25.4 Å². The van der Waals surface area contributed by atoms with Gasteiger partial charge in [0.05, 0.1) is 24.9 Å². The maximum Gasteiger partial charge on any atom is 0.319 e. The fraction of sp³-hybridized carbons (Fsp3) is 0.190. The zero-order chi connectivity index (χ0) is 22.2. The number of urea groups is 1. The van der Waals surface area contributed by atoms with Crippen molar-refractivity contribution in [1.29, 1.82) is 0 Å². The van der Waals surface area contributed by atoms with E-state index >= 15 is 0 Å². The Labute approximate surface area is 188 Å². The molecule has 3 rings (SSSR count). The highest BCUT2D eigenvalue weighted by atomic mass is 35.5. The van der Waals surface area contributed by atoms with Gasteiger partial charge >= 0.3 is 6.03 Å². The average molecular weight is 461 g/mol. The minimum atomic E-state index is -0.397. The lowest BCUT2D eigenvalue weighted by molar-refractivity contribution is -0.116. The number of carbonyl (C=O) groups excluding carboxylic acids is 2. The summed E-state index contributed by atoms with van der Waals surface area (Å²) >= 11 is 7.46. The zero-order valence-corrected chi connectivity index (χ0v) is 18.5. The van der Waals surface area contributed by atoms with E-state index in [1.165, 1.54) is 11.3 Å². The Bertz CT molecular complexity index is 1060. The third-order valence-corrected chi connectivity index (χ3v) is 5.24. The number of methoxy groups -OCH3 is 2. The molecule has 10 heteroatoms. The van der Waals surface area contributed by atoms with E-state index in [2.05, 4.69) is 20.9 Å². The highest BCUT2D eigenvalue weighted by Crippen LogP contribution is 2.31. The van der Waals surface area contributed by atoms with E-state index in [4.69, 9.17) is 21.1 Å². The first kappa shape index (κ1) is 22.4. The fourth-order valence-electron chi connectivity index (χ4n) is 2.61. The molecule has 3 N–H and O–H groups in total. The number of aromatic nitrogens is 1. The van der Waals surface area contributed by atoms with Crippen molar-refractivity contribution in [3.05, 3.63) is 52.9 Å². The molecule has 0 bridgehead atoms. The number of ether oxygens (including phenoxy) is 2. The molecule has 0 atom stereocenters. The number of amides is 3. The van der Waals surface area contributed by atoms with Crippen LogP contribution in [0.1, 0.15) is 6.42 Å². The van der Waals surface area contributed by atoms with Gasteiger partial charge in [0.1, 0.15) is 11.5 Å². The van der Waals surface area contributed by atoms with E-state index in [9.17, 15) is 9.59 Å². The lowest BCUT2D eigenvalue weighted by atomic mass is 10.2. The molecule has 0 radical (unpaired) electrons. The fourth-order valence-corrected chi connectivity index (χ4v) is 3.60. The standard InChI is InChI=1S/C21H21ClN4O4S/c1-29-15-6-4-14(5-7-15)24-20(28)23-10-9-19(27)26-21-25-17(12-31-21)13-3-8-18(30-2)16(22)11-13/h3-8,11-12H,9-10H2,1-2H3,(H2,23,24,28)(H,25,26,27). The molecule has 8 nitrogen and oxygen atoms in total. The van der Waals surface area contributed by atoms with Crippen molar-refractivity contribution in [3.8, 4) is 22.8 Å². The van der Waals surface area contributed by atoms with Crippen LogP contribution in [0.5, 0.6) is 11.5 Å². The number of benzene rings is 2. The highest BCUT2D eigenvalue weighted by Gasteiger charge is 2.11. The number of hydrogen-bond donors (Lipinski definition) is 3. The predicted octanol–water partition coefficient (Wildman–Crippen LogP) is 4.63. The number of hydrogen-bond acceptors (Lipinski definition) is 6. The molecule has 1 aromatic heterocycles. The molecule has 2 aromatic carbocycles. The first-order valence-corrected chi connectivity index (χ1v) is 10.5. The van der Waals surface area contributed by atoms with Crippen molar-refractivity contribution >= 4 is 45.7 Å². The van der Waals surface area contributed by atoms with Gasteiger partial charge in [-0.2, -0.15) is 0 Å². The summed E-state index contributed by atoms with van der Waals surface area (Å²) in [6, 6.07) is 11.9.